The molecule has 2 rings (SSSR count). The summed E-state index contributed by atoms with van der Waals surface area (Å²) in [7, 11) is 0. The fraction of sp³-hybridized carbons (Fsp3) is 0.467. The molecule has 1 fully saturated rings. The molecule has 1 aliphatic heterocycles. The molecule has 1 aliphatic rings. The van der Waals surface area contributed by atoms with Gasteiger partial charge in [0.15, 0.2) is 0 Å². The summed E-state index contributed by atoms with van der Waals surface area (Å²) in [6, 6.07) is 4.49. The highest BCUT2D eigenvalue weighted by Crippen LogP contribution is 2.07. The number of rotatable bonds is 6. The Morgan fingerprint density at radius 2 is 1.47 bits per heavy atom. The fourth-order valence-corrected chi connectivity index (χ4v) is 4.38. The van der Waals surface area contributed by atoms with Crippen LogP contribution < -0.4 is 48.3 Å². The molecule has 0 saturated carbocycles. The van der Waals surface area contributed by atoms with Crippen molar-refractivity contribution in [2.75, 3.05) is 32.7 Å². The number of nitrogens with one attached hydrogen (secondary N) is 8. The lowest BCUT2D eigenvalue weighted by Crippen LogP contribution is -2.54. The van der Waals surface area contributed by atoms with Crippen LogP contribution in [0.15, 0.2) is 24.3 Å². The predicted molar refractivity (Wildman–Crippen MR) is 169 cm³/mol. The van der Waals surface area contributed by atoms with Crippen molar-refractivity contribution in [2.45, 2.75) is 57.2 Å². The van der Waals surface area contributed by atoms with Crippen LogP contribution in [0, 0.1) is 11.3 Å². The molecule has 1 aromatic rings. The van der Waals surface area contributed by atoms with Crippen LogP contribution in [0.2, 0.25) is 0 Å². The van der Waals surface area contributed by atoms with Crippen LogP contribution >= 0.6 is 0 Å². The van der Waals surface area contributed by atoms with Crippen molar-refractivity contribution in [3.8, 4) is 6.07 Å². The van der Waals surface area contributed by atoms with Crippen LogP contribution in [0.1, 0.15) is 43.7 Å². The Balaban J connectivity index is 2.25. The number of amides is 9. The molecule has 0 spiro atoms. The maximum atomic E-state index is 13.1. The van der Waals surface area contributed by atoms with Gasteiger partial charge in [-0.25, -0.2) is 0 Å². The van der Waals surface area contributed by atoms with Gasteiger partial charge in [0.25, 0.3) is 0 Å². The molecule has 10 N–H and O–H groups in total. The van der Waals surface area contributed by atoms with Crippen LogP contribution in [0.3, 0.4) is 0 Å². The summed E-state index contributed by atoms with van der Waals surface area (Å²) in [4.78, 5) is 111. The number of hydrogen-bond donors (Lipinski definition) is 9. The van der Waals surface area contributed by atoms with E-state index in [4.69, 9.17) is 11.0 Å². The SMILES string of the molecule is CC(=O)NCC(=O)NC1CCCNC(=O)CCC(C(N)=O)NC(=O)CNC(=O)CNC(=O)C(Cc2ccc(C#N)cc2)NC(=O)CNC1=O. The molecule has 3 unspecified atom stereocenters. The third kappa shape index (κ3) is 15.4. The lowest BCUT2D eigenvalue weighted by atomic mass is 10.0. The zero-order valence-electron chi connectivity index (χ0n) is 26.8. The minimum atomic E-state index is -1.25. The Morgan fingerprint density at radius 1 is 0.837 bits per heavy atom. The van der Waals surface area contributed by atoms with Crippen LogP contribution in [-0.4, -0.2) is 104 Å². The predicted octanol–water partition coefficient (Wildman–Crippen LogP) is -4.78. The van der Waals surface area contributed by atoms with Crippen molar-refractivity contribution in [3.63, 3.8) is 0 Å². The number of benzene rings is 1. The summed E-state index contributed by atoms with van der Waals surface area (Å²) in [5.41, 5.74) is 6.27. The summed E-state index contributed by atoms with van der Waals surface area (Å²) in [6.07, 6.45) is -0.238. The van der Waals surface area contributed by atoms with E-state index in [-0.39, 0.29) is 38.6 Å². The smallest absolute Gasteiger partial charge is 0.243 e. The monoisotopic (exact) mass is 684 g/mol. The molecule has 1 heterocycles. The molecule has 0 aromatic heterocycles. The number of nitrogens with zero attached hydrogens (tertiary/aromatic N) is 1. The van der Waals surface area contributed by atoms with Gasteiger partial charge in [-0.2, -0.15) is 5.26 Å². The van der Waals surface area contributed by atoms with Gasteiger partial charge in [-0.3, -0.25) is 43.2 Å². The lowest BCUT2D eigenvalue weighted by Gasteiger charge is -2.21. The molecule has 0 aliphatic carbocycles. The van der Waals surface area contributed by atoms with E-state index in [1.54, 1.807) is 12.1 Å². The Labute approximate surface area is 281 Å². The van der Waals surface area contributed by atoms with Gasteiger partial charge in [0.1, 0.15) is 18.1 Å². The van der Waals surface area contributed by atoms with Crippen LogP contribution in [0.25, 0.3) is 0 Å². The van der Waals surface area contributed by atoms with E-state index >= 15 is 0 Å². The maximum absolute atomic E-state index is 13.1. The molecule has 9 amide bonds. The van der Waals surface area contributed by atoms with Crippen molar-refractivity contribution in [2.24, 2.45) is 5.73 Å². The van der Waals surface area contributed by atoms with Gasteiger partial charge in [0.2, 0.25) is 53.2 Å². The minimum Gasteiger partial charge on any atom is -0.368 e. The van der Waals surface area contributed by atoms with Crippen LogP contribution in [0.5, 0.6) is 0 Å². The number of nitriles is 1. The summed E-state index contributed by atoms with van der Waals surface area (Å²) in [6.45, 7) is -0.939. The molecular weight excluding hydrogens is 644 g/mol. The number of hydrogen-bond acceptors (Lipinski definition) is 10. The van der Waals surface area contributed by atoms with Crippen LogP contribution in [-0.2, 0) is 49.6 Å². The minimum absolute atomic E-state index is 0.00423. The average Bonchev–Trinajstić information content (AvgIpc) is 3.06. The number of carbonyl (C=O) groups is 9. The summed E-state index contributed by atoms with van der Waals surface area (Å²) < 4.78 is 0. The molecule has 19 heteroatoms. The third-order valence-electron chi connectivity index (χ3n) is 6.95. The summed E-state index contributed by atoms with van der Waals surface area (Å²) in [5, 5.41) is 28.3. The molecule has 0 bridgehead atoms. The molecule has 49 heavy (non-hydrogen) atoms. The summed E-state index contributed by atoms with van der Waals surface area (Å²) >= 11 is 0. The first-order valence-corrected chi connectivity index (χ1v) is 15.3. The molecular formula is C30H40N10O9. The zero-order chi connectivity index (χ0) is 36.3. The first-order chi connectivity index (χ1) is 23.3. The van der Waals surface area contributed by atoms with Gasteiger partial charge in [0, 0.05) is 26.3 Å². The Kier molecular flexibility index (Phi) is 16.2. The van der Waals surface area contributed by atoms with Crippen molar-refractivity contribution < 1.29 is 43.2 Å². The Bertz CT molecular complexity index is 1460. The largest absolute Gasteiger partial charge is 0.368 e. The number of primary amides is 1. The molecule has 3 atom stereocenters. The Hall–Kier alpha value is -6.06. The second kappa shape index (κ2) is 20.2. The van der Waals surface area contributed by atoms with Crippen molar-refractivity contribution in [1.82, 2.24) is 42.5 Å². The van der Waals surface area contributed by atoms with Gasteiger partial charge in [-0.15, -0.1) is 0 Å². The quantitative estimate of drug-likeness (QED) is 0.138. The zero-order valence-corrected chi connectivity index (χ0v) is 26.8. The van der Waals surface area contributed by atoms with E-state index in [0.717, 1.165) is 0 Å². The average molecular weight is 685 g/mol. The second-order valence-electron chi connectivity index (χ2n) is 10.9. The standard InChI is InChI=1S/C30H40N10O9/c1-17(41)34-14-25(44)39-21-3-2-10-33-23(42)9-8-20(28(32)47)38-26(45)15-35-24(43)13-36-30(49)22(40-27(46)16-37-29(21)48)11-18-4-6-19(12-31)7-5-18/h4-7,20-22H,2-3,8-11,13-16H2,1H3,(H2,32,47)(H,33,42)(H,34,41)(H,35,43)(H,36,49)(H,37,48)(H,38,45)(H,39,44)(H,40,46). The topological polar surface area (TPSA) is 300 Å². The highest BCUT2D eigenvalue weighted by atomic mass is 16.2. The molecule has 0 radical (unpaired) electrons. The van der Waals surface area contributed by atoms with Crippen molar-refractivity contribution >= 4 is 53.2 Å². The van der Waals surface area contributed by atoms with Crippen molar-refractivity contribution in [1.29, 1.82) is 5.26 Å². The van der Waals surface area contributed by atoms with E-state index < -0.39 is 97.5 Å². The van der Waals surface area contributed by atoms with Crippen molar-refractivity contribution in [3.05, 3.63) is 35.4 Å². The highest BCUT2D eigenvalue weighted by molar-refractivity contribution is 5.95. The normalized spacial score (nSPS) is 20.8. The fourth-order valence-electron chi connectivity index (χ4n) is 4.38. The van der Waals surface area contributed by atoms with E-state index in [1.807, 2.05) is 6.07 Å². The molecule has 19 nitrogen and oxygen atoms in total. The van der Waals surface area contributed by atoms with E-state index in [9.17, 15) is 43.2 Å². The molecule has 1 saturated heterocycles. The first kappa shape index (κ1) is 39.1. The van der Waals surface area contributed by atoms with Crippen LogP contribution in [0.4, 0.5) is 0 Å². The van der Waals surface area contributed by atoms with Gasteiger partial charge in [0.05, 0.1) is 37.8 Å². The lowest BCUT2D eigenvalue weighted by molar-refractivity contribution is -0.132. The second-order valence-corrected chi connectivity index (χ2v) is 10.9. The highest BCUT2D eigenvalue weighted by Gasteiger charge is 2.25. The van der Waals surface area contributed by atoms with Gasteiger partial charge in [-0.1, -0.05) is 12.1 Å². The first-order valence-electron chi connectivity index (χ1n) is 15.3. The molecule has 1 aromatic carbocycles. The maximum Gasteiger partial charge on any atom is 0.243 e. The Morgan fingerprint density at radius 3 is 2.12 bits per heavy atom. The van der Waals surface area contributed by atoms with Gasteiger partial charge >= 0.3 is 0 Å². The third-order valence-corrected chi connectivity index (χ3v) is 6.95. The summed E-state index contributed by atoms with van der Waals surface area (Å²) in [5.74, 6) is -6.47. The van der Waals surface area contributed by atoms with E-state index in [0.29, 0.717) is 11.1 Å². The van der Waals surface area contributed by atoms with Gasteiger partial charge in [-0.05, 0) is 37.0 Å². The number of carbonyl (C=O) groups excluding carboxylic acids is 9. The number of nitrogens with two attached hydrogens (primary N) is 1. The van der Waals surface area contributed by atoms with E-state index in [1.165, 1.54) is 19.1 Å². The van der Waals surface area contributed by atoms with Gasteiger partial charge < -0.3 is 48.3 Å². The molecule has 264 valence electrons. The van der Waals surface area contributed by atoms with E-state index in [2.05, 4.69) is 42.5 Å².